The smallest absolute Gasteiger partial charge is 0.312 e. The van der Waals surface area contributed by atoms with E-state index in [0.717, 1.165) is 5.56 Å². The van der Waals surface area contributed by atoms with Gasteiger partial charge in [0.25, 0.3) is 0 Å². The maximum atomic E-state index is 12.5. The highest BCUT2D eigenvalue weighted by Crippen LogP contribution is 2.20. The summed E-state index contributed by atoms with van der Waals surface area (Å²) in [6.07, 6.45) is 0. The van der Waals surface area contributed by atoms with Gasteiger partial charge in [0.05, 0.1) is 0 Å². The standard InChI is InChI=1S/C14H18N3O2/c1-10(11-5-3-2-4-6-11)13(18)12-9-16-7-8-17(12)14(15)19/h2-6,10,12,15-16H,7-9H2,1H3. The van der Waals surface area contributed by atoms with E-state index in [0.29, 0.717) is 19.6 Å². The molecule has 1 fully saturated rings. The van der Waals surface area contributed by atoms with Crippen molar-refractivity contribution in [2.45, 2.75) is 18.9 Å². The summed E-state index contributed by atoms with van der Waals surface area (Å²) >= 11 is 0. The Balaban J connectivity index is 2.15. The molecule has 5 nitrogen and oxygen atoms in total. The van der Waals surface area contributed by atoms with Crippen LogP contribution >= 0.6 is 0 Å². The van der Waals surface area contributed by atoms with E-state index >= 15 is 0 Å². The van der Waals surface area contributed by atoms with Crippen LogP contribution in [0.15, 0.2) is 30.3 Å². The molecule has 2 rings (SSSR count). The molecule has 2 unspecified atom stereocenters. The molecule has 0 aliphatic carbocycles. The highest BCUT2D eigenvalue weighted by atomic mass is 16.2. The molecule has 1 heterocycles. The fourth-order valence-corrected chi connectivity index (χ4v) is 2.40. The van der Waals surface area contributed by atoms with Crippen molar-refractivity contribution in [2.24, 2.45) is 0 Å². The maximum Gasteiger partial charge on any atom is 0.336 e. The number of rotatable bonds is 3. The molecule has 2 N–H and O–H groups in total. The monoisotopic (exact) mass is 260 g/mol. The van der Waals surface area contributed by atoms with Crippen LogP contribution in [0.3, 0.4) is 0 Å². The van der Waals surface area contributed by atoms with Gasteiger partial charge in [0.15, 0.2) is 5.78 Å². The summed E-state index contributed by atoms with van der Waals surface area (Å²) in [4.78, 5) is 25.1. The Hall–Kier alpha value is -1.88. The summed E-state index contributed by atoms with van der Waals surface area (Å²) in [6, 6.07) is 8.20. The zero-order chi connectivity index (χ0) is 13.8. The second-order valence-corrected chi connectivity index (χ2v) is 4.75. The number of nitrogens with zero attached hydrogens (tertiary/aromatic N) is 1. The minimum atomic E-state index is -0.778. The molecule has 1 aliphatic rings. The Labute approximate surface area is 112 Å². The highest BCUT2D eigenvalue weighted by molar-refractivity contribution is 5.93. The zero-order valence-electron chi connectivity index (χ0n) is 10.9. The summed E-state index contributed by atoms with van der Waals surface area (Å²) in [5.74, 6) is -0.285. The number of nitrogens with one attached hydrogen (secondary N) is 2. The molecule has 0 aromatic heterocycles. The Morgan fingerprint density at radius 2 is 2.05 bits per heavy atom. The van der Waals surface area contributed by atoms with Gasteiger partial charge in [0, 0.05) is 25.6 Å². The number of ketones is 1. The molecule has 1 aromatic carbocycles. The minimum absolute atomic E-state index is 0.0148. The summed E-state index contributed by atoms with van der Waals surface area (Å²) < 4.78 is 0. The van der Waals surface area contributed by atoms with E-state index in [1.807, 2.05) is 37.3 Å². The molecule has 1 aliphatic heterocycles. The quantitative estimate of drug-likeness (QED) is 0.882. The first-order valence-electron chi connectivity index (χ1n) is 6.43. The van der Waals surface area contributed by atoms with Crippen LogP contribution in [-0.4, -0.2) is 42.4 Å². The van der Waals surface area contributed by atoms with E-state index in [9.17, 15) is 9.59 Å². The Bertz CT molecular complexity index is 461. The van der Waals surface area contributed by atoms with Crippen molar-refractivity contribution < 1.29 is 9.59 Å². The van der Waals surface area contributed by atoms with Crippen LogP contribution < -0.4 is 11.1 Å². The lowest BCUT2D eigenvalue weighted by atomic mass is 9.91. The minimum Gasteiger partial charge on any atom is -0.312 e. The van der Waals surface area contributed by atoms with E-state index in [-0.39, 0.29) is 11.7 Å². The number of piperazine rings is 1. The van der Waals surface area contributed by atoms with Crippen LogP contribution in [0.25, 0.3) is 0 Å². The van der Waals surface area contributed by atoms with Gasteiger partial charge in [0.2, 0.25) is 0 Å². The van der Waals surface area contributed by atoms with Crippen molar-refractivity contribution in [3.05, 3.63) is 35.9 Å². The fourth-order valence-electron chi connectivity index (χ4n) is 2.40. The average molecular weight is 260 g/mol. The zero-order valence-corrected chi connectivity index (χ0v) is 10.9. The maximum absolute atomic E-state index is 12.5. The topological polar surface area (TPSA) is 73.2 Å². The number of benzene rings is 1. The van der Waals surface area contributed by atoms with Gasteiger partial charge in [-0.25, -0.2) is 10.5 Å². The van der Waals surface area contributed by atoms with Crippen LogP contribution in [-0.2, 0) is 4.79 Å². The lowest BCUT2D eigenvalue weighted by Gasteiger charge is -2.34. The van der Waals surface area contributed by atoms with Gasteiger partial charge in [0.1, 0.15) is 6.04 Å². The lowest BCUT2D eigenvalue weighted by molar-refractivity contribution is -0.124. The second-order valence-electron chi connectivity index (χ2n) is 4.75. The second kappa shape index (κ2) is 5.84. The van der Waals surface area contributed by atoms with Gasteiger partial charge in [-0.15, -0.1) is 0 Å². The number of carbonyl (C=O) groups excluding carboxylic acids is 2. The van der Waals surface area contributed by atoms with Gasteiger partial charge in [-0.05, 0) is 5.56 Å². The Kier molecular flexibility index (Phi) is 4.16. The van der Waals surface area contributed by atoms with Crippen molar-refractivity contribution in [1.29, 1.82) is 0 Å². The highest BCUT2D eigenvalue weighted by Gasteiger charge is 2.33. The first-order valence-corrected chi connectivity index (χ1v) is 6.43. The van der Waals surface area contributed by atoms with Crippen LogP contribution in [0.4, 0.5) is 4.79 Å². The van der Waals surface area contributed by atoms with Gasteiger partial charge < -0.3 is 10.2 Å². The van der Waals surface area contributed by atoms with Crippen molar-refractivity contribution >= 4 is 11.8 Å². The summed E-state index contributed by atoms with van der Waals surface area (Å²) in [7, 11) is 0. The van der Waals surface area contributed by atoms with Crippen LogP contribution in [0, 0.1) is 0 Å². The molecule has 1 saturated heterocycles. The van der Waals surface area contributed by atoms with Crippen molar-refractivity contribution in [2.75, 3.05) is 19.6 Å². The molecule has 5 heteroatoms. The SMILES string of the molecule is CC(C(=O)C1CNCCN1C([NH])=O)c1ccccc1. The number of carbonyl (C=O) groups is 2. The van der Waals surface area contributed by atoms with Crippen LogP contribution in [0.1, 0.15) is 18.4 Å². The fraction of sp³-hybridized carbons (Fsp3) is 0.429. The third kappa shape index (κ3) is 2.93. The van der Waals surface area contributed by atoms with Crippen LogP contribution in [0.2, 0.25) is 0 Å². The van der Waals surface area contributed by atoms with Gasteiger partial charge >= 0.3 is 6.03 Å². The van der Waals surface area contributed by atoms with E-state index in [1.165, 1.54) is 4.90 Å². The normalized spacial score (nSPS) is 20.9. The molecular formula is C14H18N3O2. The average Bonchev–Trinajstić information content (AvgIpc) is 2.46. The number of Topliss-reactive ketones (excluding diaryl/α,β-unsaturated/α-hetero) is 1. The molecule has 0 saturated carbocycles. The summed E-state index contributed by atoms with van der Waals surface area (Å²) in [5, 5.41) is 3.11. The van der Waals surface area contributed by atoms with E-state index < -0.39 is 12.1 Å². The molecular weight excluding hydrogens is 242 g/mol. The molecule has 0 bridgehead atoms. The Morgan fingerprint density at radius 1 is 1.37 bits per heavy atom. The van der Waals surface area contributed by atoms with Gasteiger partial charge in [-0.3, -0.25) is 4.79 Å². The van der Waals surface area contributed by atoms with Gasteiger partial charge in [-0.2, -0.15) is 0 Å². The predicted octanol–water partition coefficient (Wildman–Crippen LogP) is 1.04. The molecule has 1 aromatic rings. The predicted molar refractivity (Wildman–Crippen MR) is 71.7 cm³/mol. The van der Waals surface area contributed by atoms with E-state index in [2.05, 4.69) is 5.32 Å². The molecule has 101 valence electrons. The first kappa shape index (κ1) is 13.5. The molecule has 2 amide bonds. The number of urea groups is 1. The summed E-state index contributed by atoms with van der Waals surface area (Å²) in [6.45, 7) is 3.33. The van der Waals surface area contributed by atoms with Crippen LogP contribution in [0.5, 0.6) is 0 Å². The number of amides is 2. The van der Waals surface area contributed by atoms with Crippen molar-refractivity contribution in [3.8, 4) is 0 Å². The van der Waals surface area contributed by atoms with Gasteiger partial charge in [-0.1, -0.05) is 37.3 Å². The van der Waals surface area contributed by atoms with Crippen molar-refractivity contribution in [3.63, 3.8) is 0 Å². The molecule has 2 atom stereocenters. The van der Waals surface area contributed by atoms with E-state index in [1.54, 1.807) is 0 Å². The third-order valence-electron chi connectivity index (χ3n) is 3.56. The number of hydrogen-bond acceptors (Lipinski definition) is 3. The Morgan fingerprint density at radius 3 is 2.68 bits per heavy atom. The molecule has 1 radical (unpaired) electrons. The summed E-state index contributed by atoms with van der Waals surface area (Å²) in [5.41, 5.74) is 8.19. The lowest BCUT2D eigenvalue weighted by Crippen LogP contribution is -2.57. The van der Waals surface area contributed by atoms with Crippen molar-refractivity contribution in [1.82, 2.24) is 16.0 Å². The third-order valence-corrected chi connectivity index (χ3v) is 3.56. The first-order chi connectivity index (χ1) is 9.11. The van der Waals surface area contributed by atoms with E-state index in [4.69, 9.17) is 5.73 Å². The molecule has 0 spiro atoms. The molecule has 19 heavy (non-hydrogen) atoms. The largest absolute Gasteiger partial charge is 0.336 e. The number of hydrogen-bond donors (Lipinski definition) is 1.